The predicted octanol–water partition coefficient (Wildman–Crippen LogP) is 2.55. The number of nitrogens with one attached hydrogen (secondary N) is 2. The molecular formula is C16H22N4O. The summed E-state index contributed by atoms with van der Waals surface area (Å²) in [7, 11) is 0. The van der Waals surface area contributed by atoms with Crippen molar-refractivity contribution in [2.75, 3.05) is 13.2 Å². The highest BCUT2D eigenvalue weighted by Gasteiger charge is 2.20. The van der Waals surface area contributed by atoms with Crippen LogP contribution in [0.25, 0.3) is 0 Å². The fourth-order valence-corrected chi connectivity index (χ4v) is 2.86. The Morgan fingerprint density at radius 3 is 3.24 bits per heavy atom. The fourth-order valence-electron chi connectivity index (χ4n) is 2.86. The molecule has 21 heavy (non-hydrogen) atoms. The smallest absolute Gasteiger partial charge is 0.137 e. The molecule has 0 aliphatic carbocycles. The van der Waals surface area contributed by atoms with Crippen LogP contribution < -0.4 is 10.1 Å². The molecule has 1 aliphatic rings. The first-order chi connectivity index (χ1) is 10.3. The van der Waals surface area contributed by atoms with E-state index in [0.717, 1.165) is 50.4 Å². The number of hydrogen-bond donors (Lipinski definition) is 2. The Bertz CT molecular complexity index is 568. The number of nitrogens with zero attached hydrogens (tertiary/aromatic N) is 2. The molecule has 0 spiro atoms. The van der Waals surface area contributed by atoms with E-state index >= 15 is 0 Å². The Labute approximate surface area is 125 Å². The van der Waals surface area contributed by atoms with Crippen LogP contribution in [0.3, 0.4) is 0 Å². The first kappa shape index (κ1) is 14.1. The van der Waals surface area contributed by atoms with Crippen molar-refractivity contribution in [1.29, 1.82) is 0 Å². The highest BCUT2D eigenvalue weighted by Crippen LogP contribution is 2.33. The SMILES string of the molecule is Cc1cccc2c1OCCCC2NCCCc1ncn[nH]1. The van der Waals surface area contributed by atoms with Crippen LogP contribution in [-0.4, -0.2) is 28.3 Å². The molecule has 3 rings (SSSR count). The monoisotopic (exact) mass is 286 g/mol. The maximum Gasteiger partial charge on any atom is 0.137 e. The summed E-state index contributed by atoms with van der Waals surface area (Å²) in [6, 6.07) is 6.80. The molecule has 1 unspecified atom stereocenters. The molecule has 0 amide bonds. The Morgan fingerprint density at radius 2 is 2.38 bits per heavy atom. The second-order valence-electron chi connectivity index (χ2n) is 5.53. The fraction of sp³-hybridized carbons (Fsp3) is 0.500. The molecule has 0 radical (unpaired) electrons. The average molecular weight is 286 g/mol. The normalized spacial score (nSPS) is 17.9. The van der Waals surface area contributed by atoms with Gasteiger partial charge in [0.05, 0.1) is 6.61 Å². The topological polar surface area (TPSA) is 62.8 Å². The Hall–Kier alpha value is -1.88. The molecule has 1 aromatic carbocycles. The van der Waals surface area contributed by atoms with Crippen molar-refractivity contribution in [1.82, 2.24) is 20.5 Å². The van der Waals surface area contributed by atoms with Gasteiger partial charge in [0.15, 0.2) is 0 Å². The standard InChI is InChI=1S/C16H22N4O/c1-12-5-2-6-13-14(7-4-10-21-16(12)13)17-9-3-8-15-18-11-19-20-15/h2,5-6,11,14,17H,3-4,7-10H2,1H3,(H,18,19,20). The van der Waals surface area contributed by atoms with Crippen molar-refractivity contribution in [3.8, 4) is 5.75 Å². The number of aryl methyl sites for hydroxylation is 2. The highest BCUT2D eigenvalue weighted by molar-refractivity contribution is 5.43. The van der Waals surface area contributed by atoms with Gasteiger partial charge in [0, 0.05) is 18.0 Å². The number of H-pyrrole nitrogens is 1. The second-order valence-corrected chi connectivity index (χ2v) is 5.53. The van der Waals surface area contributed by atoms with Crippen molar-refractivity contribution in [2.24, 2.45) is 0 Å². The van der Waals surface area contributed by atoms with E-state index in [0.29, 0.717) is 6.04 Å². The van der Waals surface area contributed by atoms with Crippen LogP contribution in [0.5, 0.6) is 5.75 Å². The summed E-state index contributed by atoms with van der Waals surface area (Å²) >= 11 is 0. The number of hydrogen-bond acceptors (Lipinski definition) is 4. The second kappa shape index (κ2) is 6.72. The van der Waals surface area contributed by atoms with Gasteiger partial charge in [0.25, 0.3) is 0 Å². The van der Waals surface area contributed by atoms with Gasteiger partial charge in [-0.3, -0.25) is 5.10 Å². The van der Waals surface area contributed by atoms with Crippen molar-refractivity contribution >= 4 is 0 Å². The molecule has 5 nitrogen and oxygen atoms in total. The molecule has 1 aliphatic heterocycles. The van der Waals surface area contributed by atoms with Crippen LogP contribution in [0.15, 0.2) is 24.5 Å². The molecule has 0 bridgehead atoms. The minimum absolute atomic E-state index is 0.386. The molecule has 1 aromatic heterocycles. The zero-order valence-electron chi connectivity index (χ0n) is 12.4. The maximum atomic E-state index is 5.91. The van der Waals surface area contributed by atoms with Crippen molar-refractivity contribution < 1.29 is 4.74 Å². The van der Waals surface area contributed by atoms with Crippen LogP contribution in [0, 0.1) is 6.92 Å². The Balaban J connectivity index is 1.59. The lowest BCUT2D eigenvalue weighted by Crippen LogP contribution is -2.22. The highest BCUT2D eigenvalue weighted by atomic mass is 16.5. The largest absolute Gasteiger partial charge is 0.493 e. The van der Waals surface area contributed by atoms with Gasteiger partial charge >= 0.3 is 0 Å². The van der Waals surface area contributed by atoms with Gasteiger partial charge in [-0.25, -0.2) is 4.98 Å². The lowest BCUT2D eigenvalue weighted by atomic mass is 9.99. The number of rotatable bonds is 5. The van der Waals surface area contributed by atoms with Crippen LogP contribution in [-0.2, 0) is 6.42 Å². The van der Waals surface area contributed by atoms with E-state index in [1.807, 2.05) is 0 Å². The molecule has 0 saturated carbocycles. The molecule has 1 atom stereocenters. The number of para-hydroxylation sites is 1. The quantitative estimate of drug-likeness (QED) is 0.829. The minimum atomic E-state index is 0.386. The summed E-state index contributed by atoms with van der Waals surface area (Å²) in [6.07, 6.45) is 5.75. The van der Waals surface area contributed by atoms with Crippen LogP contribution in [0.4, 0.5) is 0 Å². The number of ether oxygens (including phenoxy) is 1. The Morgan fingerprint density at radius 1 is 1.43 bits per heavy atom. The lowest BCUT2D eigenvalue weighted by Gasteiger charge is -2.19. The lowest BCUT2D eigenvalue weighted by molar-refractivity contribution is 0.313. The number of benzene rings is 1. The molecule has 2 aromatic rings. The third-order valence-corrected chi connectivity index (χ3v) is 3.95. The van der Waals surface area contributed by atoms with Crippen molar-refractivity contribution in [3.63, 3.8) is 0 Å². The van der Waals surface area contributed by atoms with Gasteiger partial charge in [0.2, 0.25) is 0 Å². The van der Waals surface area contributed by atoms with E-state index in [2.05, 4.69) is 45.6 Å². The van der Waals surface area contributed by atoms with Gasteiger partial charge in [-0.1, -0.05) is 18.2 Å². The molecule has 2 heterocycles. The first-order valence-corrected chi connectivity index (χ1v) is 7.64. The third-order valence-electron chi connectivity index (χ3n) is 3.95. The summed E-state index contributed by atoms with van der Waals surface area (Å²) in [5, 5.41) is 10.4. The van der Waals surface area contributed by atoms with Gasteiger partial charge in [-0.05, 0) is 38.3 Å². The van der Waals surface area contributed by atoms with E-state index in [1.54, 1.807) is 6.33 Å². The number of aromatic amines is 1. The Kier molecular flexibility index (Phi) is 4.50. The first-order valence-electron chi connectivity index (χ1n) is 7.64. The number of aromatic nitrogens is 3. The maximum absolute atomic E-state index is 5.91. The van der Waals surface area contributed by atoms with Gasteiger partial charge in [-0.2, -0.15) is 5.10 Å². The summed E-state index contributed by atoms with van der Waals surface area (Å²) in [4.78, 5) is 4.15. The van der Waals surface area contributed by atoms with E-state index in [-0.39, 0.29) is 0 Å². The number of fused-ring (bicyclic) bond motifs is 1. The van der Waals surface area contributed by atoms with Crippen LogP contribution in [0.1, 0.15) is 42.3 Å². The summed E-state index contributed by atoms with van der Waals surface area (Å²) < 4.78 is 5.91. The molecule has 2 N–H and O–H groups in total. The minimum Gasteiger partial charge on any atom is -0.493 e. The average Bonchev–Trinajstić information content (AvgIpc) is 2.91. The molecule has 5 heteroatoms. The molecule has 0 saturated heterocycles. The molecule has 112 valence electrons. The van der Waals surface area contributed by atoms with Gasteiger partial charge in [0.1, 0.15) is 17.9 Å². The van der Waals surface area contributed by atoms with E-state index in [1.165, 1.54) is 11.1 Å². The zero-order valence-corrected chi connectivity index (χ0v) is 12.4. The molecule has 0 fully saturated rings. The van der Waals surface area contributed by atoms with Crippen molar-refractivity contribution in [2.45, 2.75) is 38.6 Å². The van der Waals surface area contributed by atoms with Gasteiger partial charge < -0.3 is 10.1 Å². The van der Waals surface area contributed by atoms with E-state index in [9.17, 15) is 0 Å². The van der Waals surface area contributed by atoms with Crippen LogP contribution in [0.2, 0.25) is 0 Å². The summed E-state index contributed by atoms with van der Waals surface area (Å²) in [5.41, 5.74) is 2.52. The summed E-state index contributed by atoms with van der Waals surface area (Å²) in [5.74, 6) is 2.03. The van der Waals surface area contributed by atoms with E-state index < -0.39 is 0 Å². The molecular weight excluding hydrogens is 264 g/mol. The van der Waals surface area contributed by atoms with Crippen molar-refractivity contribution in [3.05, 3.63) is 41.5 Å². The van der Waals surface area contributed by atoms with Crippen LogP contribution >= 0.6 is 0 Å². The van der Waals surface area contributed by atoms with E-state index in [4.69, 9.17) is 4.74 Å². The summed E-state index contributed by atoms with van der Waals surface area (Å²) in [6.45, 7) is 3.90. The van der Waals surface area contributed by atoms with Gasteiger partial charge in [-0.15, -0.1) is 0 Å². The predicted molar refractivity (Wildman–Crippen MR) is 81.4 cm³/mol. The third kappa shape index (κ3) is 3.42. The zero-order chi connectivity index (χ0) is 14.5.